The summed E-state index contributed by atoms with van der Waals surface area (Å²) in [7, 11) is 1.71. The molecule has 1 heterocycles. The summed E-state index contributed by atoms with van der Waals surface area (Å²) in [6, 6.07) is 6.53. The highest BCUT2D eigenvalue weighted by molar-refractivity contribution is 5.16. The maximum atomic E-state index is 12.8. The first-order valence-corrected chi connectivity index (χ1v) is 7.23. The minimum absolute atomic E-state index is 0.208. The van der Waals surface area contributed by atoms with E-state index in [4.69, 9.17) is 4.74 Å². The molecule has 5 heteroatoms. The molecule has 0 fully saturated rings. The number of aromatic nitrogens is 2. The van der Waals surface area contributed by atoms with Crippen molar-refractivity contribution in [2.24, 2.45) is 0 Å². The molecular weight excluding hydrogens is 269 g/mol. The monoisotopic (exact) mass is 291 g/mol. The van der Waals surface area contributed by atoms with Crippen LogP contribution in [0, 0.1) is 5.82 Å². The van der Waals surface area contributed by atoms with Gasteiger partial charge in [-0.1, -0.05) is 12.1 Å². The second-order valence-electron chi connectivity index (χ2n) is 5.02. The first-order valence-electron chi connectivity index (χ1n) is 7.23. The average molecular weight is 291 g/mol. The first-order chi connectivity index (χ1) is 10.3. The quantitative estimate of drug-likeness (QED) is 0.720. The standard InChI is InChI=1S/C16H22FN3O/c1-21-10-9-18-8-2-3-15-11-19-20(13-15)12-14-4-6-16(17)7-5-14/h4-7,11,13,18H,2-3,8-10,12H2,1H3. The molecule has 0 amide bonds. The van der Waals surface area contributed by atoms with Crippen molar-refractivity contribution < 1.29 is 9.13 Å². The number of halogens is 1. The van der Waals surface area contributed by atoms with Gasteiger partial charge in [0.2, 0.25) is 0 Å². The minimum Gasteiger partial charge on any atom is -0.383 e. The summed E-state index contributed by atoms with van der Waals surface area (Å²) in [6.45, 7) is 3.29. The molecule has 2 rings (SSSR count). The second-order valence-corrected chi connectivity index (χ2v) is 5.02. The van der Waals surface area contributed by atoms with Crippen LogP contribution in [-0.4, -0.2) is 36.6 Å². The van der Waals surface area contributed by atoms with Crippen LogP contribution in [0.25, 0.3) is 0 Å². The predicted molar refractivity (Wildman–Crippen MR) is 80.8 cm³/mol. The fourth-order valence-corrected chi connectivity index (χ4v) is 2.12. The van der Waals surface area contributed by atoms with Crippen molar-refractivity contribution in [3.8, 4) is 0 Å². The van der Waals surface area contributed by atoms with Gasteiger partial charge in [-0.25, -0.2) is 4.39 Å². The maximum absolute atomic E-state index is 12.8. The van der Waals surface area contributed by atoms with Gasteiger partial charge in [0.05, 0.1) is 19.3 Å². The molecule has 0 aliphatic heterocycles. The van der Waals surface area contributed by atoms with Crippen LogP contribution in [0.15, 0.2) is 36.7 Å². The van der Waals surface area contributed by atoms with Crippen LogP contribution in [0.1, 0.15) is 17.5 Å². The summed E-state index contributed by atoms with van der Waals surface area (Å²) >= 11 is 0. The molecule has 0 saturated carbocycles. The van der Waals surface area contributed by atoms with Crippen LogP contribution in [0.3, 0.4) is 0 Å². The Morgan fingerprint density at radius 2 is 2.00 bits per heavy atom. The highest BCUT2D eigenvalue weighted by Gasteiger charge is 2.00. The lowest BCUT2D eigenvalue weighted by atomic mass is 10.2. The summed E-state index contributed by atoms with van der Waals surface area (Å²) < 4.78 is 19.7. The fourth-order valence-electron chi connectivity index (χ4n) is 2.12. The molecule has 0 aliphatic rings. The van der Waals surface area contributed by atoms with Crippen molar-refractivity contribution in [3.05, 3.63) is 53.6 Å². The lowest BCUT2D eigenvalue weighted by Gasteiger charge is -2.03. The zero-order valence-corrected chi connectivity index (χ0v) is 12.4. The molecule has 0 radical (unpaired) electrons. The van der Waals surface area contributed by atoms with Gasteiger partial charge >= 0.3 is 0 Å². The molecular formula is C16H22FN3O. The molecule has 1 aromatic carbocycles. The van der Waals surface area contributed by atoms with Crippen molar-refractivity contribution in [2.75, 3.05) is 26.8 Å². The van der Waals surface area contributed by atoms with Crippen LogP contribution in [-0.2, 0) is 17.7 Å². The van der Waals surface area contributed by atoms with Crippen molar-refractivity contribution in [2.45, 2.75) is 19.4 Å². The summed E-state index contributed by atoms with van der Waals surface area (Å²) in [5, 5.41) is 7.67. The Labute approximate surface area is 124 Å². The van der Waals surface area contributed by atoms with Gasteiger partial charge in [0.1, 0.15) is 5.82 Å². The molecule has 114 valence electrons. The first kappa shape index (κ1) is 15.7. The third-order valence-corrected chi connectivity index (χ3v) is 3.25. The van der Waals surface area contributed by atoms with Gasteiger partial charge in [-0.3, -0.25) is 4.68 Å². The van der Waals surface area contributed by atoms with E-state index in [1.54, 1.807) is 19.2 Å². The zero-order valence-electron chi connectivity index (χ0n) is 12.4. The van der Waals surface area contributed by atoms with E-state index in [0.29, 0.717) is 6.54 Å². The van der Waals surface area contributed by atoms with Gasteiger partial charge < -0.3 is 10.1 Å². The van der Waals surface area contributed by atoms with Gasteiger partial charge in [0.25, 0.3) is 0 Å². The van der Waals surface area contributed by atoms with Crippen LogP contribution in [0.5, 0.6) is 0 Å². The van der Waals surface area contributed by atoms with E-state index in [2.05, 4.69) is 16.6 Å². The molecule has 0 unspecified atom stereocenters. The van der Waals surface area contributed by atoms with E-state index in [9.17, 15) is 4.39 Å². The number of nitrogens with zero attached hydrogens (tertiary/aromatic N) is 2. The molecule has 1 aromatic heterocycles. The van der Waals surface area contributed by atoms with Crippen molar-refractivity contribution in [3.63, 3.8) is 0 Å². The topological polar surface area (TPSA) is 39.1 Å². The average Bonchev–Trinajstić information content (AvgIpc) is 2.93. The molecule has 4 nitrogen and oxygen atoms in total. The molecule has 2 aromatic rings. The Kier molecular flexibility index (Phi) is 6.37. The van der Waals surface area contributed by atoms with E-state index in [-0.39, 0.29) is 5.82 Å². The largest absolute Gasteiger partial charge is 0.383 e. The maximum Gasteiger partial charge on any atom is 0.123 e. The fraction of sp³-hybridized carbons (Fsp3) is 0.438. The van der Waals surface area contributed by atoms with E-state index in [0.717, 1.165) is 38.1 Å². The van der Waals surface area contributed by atoms with Gasteiger partial charge in [0, 0.05) is 19.9 Å². The number of nitrogens with one attached hydrogen (secondary N) is 1. The SMILES string of the molecule is COCCNCCCc1cnn(Cc2ccc(F)cc2)c1. The van der Waals surface area contributed by atoms with Crippen molar-refractivity contribution >= 4 is 0 Å². The van der Waals surface area contributed by atoms with Crippen molar-refractivity contribution in [1.29, 1.82) is 0 Å². The summed E-state index contributed by atoms with van der Waals surface area (Å²) in [5.74, 6) is -0.208. The number of aryl methyl sites for hydroxylation is 1. The molecule has 1 N–H and O–H groups in total. The molecule has 0 atom stereocenters. The second kappa shape index (κ2) is 8.54. The highest BCUT2D eigenvalue weighted by Crippen LogP contribution is 2.07. The van der Waals surface area contributed by atoms with Crippen LogP contribution in [0.4, 0.5) is 4.39 Å². The lowest BCUT2D eigenvalue weighted by Crippen LogP contribution is -2.20. The van der Waals surface area contributed by atoms with Crippen molar-refractivity contribution in [1.82, 2.24) is 15.1 Å². The van der Waals surface area contributed by atoms with Gasteiger partial charge in [0.15, 0.2) is 0 Å². The summed E-state index contributed by atoms with van der Waals surface area (Å²) in [5.41, 5.74) is 2.28. The number of hydrogen-bond donors (Lipinski definition) is 1. The molecule has 0 spiro atoms. The normalized spacial score (nSPS) is 11.0. The zero-order chi connectivity index (χ0) is 14.9. The van der Waals surface area contributed by atoms with Crippen LogP contribution in [0.2, 0.25) is 0 Å². The van der Waals surface area contributed by atoms with Crippen LogP contribution >= 0.6 is 0 Å². The van der Waals surface area contributed by atoms with Crippen LogP contribution < -0.4 is 5.32 Å². The molecule has 0 saturated heterocycles. The number of ether oxygens (including phenoxy) is 1. The van der Waals surface area contributed by atoms with E-state index in [1.807, 2.05) is 10.9 Å². The molecule has 0 bridgehead atoms. The lowest BCUT2D eigenvalue weighted by molar-refractivity contribution is 0.199. The highest BCUT2D eigenvalue weighted by atomic mass is 19.1. The number of benzene rings is 1. The minimum atomic E-state index is -0.208. The third kappa shape index (κ3) is 5.65. The molecule has 21 heavy (non-hydrogen) atoms. The van der Waals surface area contributed by atoms with E-state index < -0.39 is 0 Å². The Bertz CT molecular complexity index is 525. The predicted octanol–water partition coefficient (Wildman–Crippen LogP) is 2.24. The van der Waals surface area contributed by atoms with Gasteiger partial charge in [-0.05, 0) is 42.6 Å². The Morgan fingerprint density at radius 1 is 1.19 bits per heavy atom. The number of methoxy groups -OCH3 is 1. The van der Waals surface area contributed by atoms with E-state index >= 15 is 0 Å². The smallest absolute Gasteiger partial charge is 0.123 e. The summed E-state index contributed by atoms with van der Waals surface area (Å²) in [4.78, 5) is 0. The van der Waals surface area contributed by atoms with Gasteiger partial charge in [-0.15, -0.1) is 0 Å². The summed E-state index contributed by atoms with van der Waals surface area (Å²) in [6.07, 6.45) is 6.03. The Balaban J connectivity index is 1.72. The number of rotatable bonds is 9. The van der Waals surface area contributed by atoms with E-state index in [1.165, 1.54) is 17.7 Å². The molecule has 0 aliphatic carbocycles. The Morgan fingerprint density at radius 3 is 2.76 bits per heavy atom. The number of hydrogen-bond acceptors (Lipinski definition) is 3. The third-order valence-electron chi connectivity index (χ3n) is 3.25. The van der Waals surface area contributed by atoms with Gasteiger partial charge in [-0.2, -0.15) is 5.10 Å². The Hall–Kier alpha value is -1.72.